The smallest absolute Gasteiger partial charge is 0.229 e. The molecule has 0 bridgehead atoms. The Balaban J connectivity index is 1.59. The van der Waals surface area contributed by atoms with Crippen molar-refractivity contribution in [3.05, 3.63) is 96.6 Å². The van der Waals surface area contributed by atoms with Crippen molar-refractivity contribution in [3.8, 4) is 11.4 Å². The molecular formula is C32H36N6O2S. The molecule has 1 aliphatic rings. The average Bonchev–Trinajstić information content (AvgIpc) is 3.57. The highest BCUT2D eigenvalue weighted by Gasteiger charge is 2.42. The van der Waals surface area contributed by atoms with Gasteiger partial charge in [-0.05, 0) is 72.9 Å². The van der Waals surface area contributed by atoms with Crippen molar-refractivity contribution in [2.24, 2.45) is 5.41 Å². The topological polar surface area (TPSA) is 74.7 Å². The van der Waals surface area contributed by atoms with Crippen molar-refractivity contribution < 1.29 is 9.53 Å². The number of thiocarbonyl (C=S) groups is 1. The molecule has 2 aromatic carbocycles. The molecule has 2 aromatic heterocycles. The Bertz CT molecular complexity index is 1540. The van der Waals surface area contributed by atoms with Gasteiger partial charge in [0.05, 0.1) is 24.5 Å². The third kappa shape index (κ3) is 5.63. The van der Waals surface area contributed by atoms with Crippen LogP contribution in [-0.2, 0) is 4.79 Å². The van der Waals surface area contributed by atoms with E-state index in [2.05, 4.69) is 72.6 Å². The predicted octanol–water partition coefficient (Wildman–Crippen LogP) is 6.11. The second-order valence-corrected chi connectivity index (χ2v) is 11.7. The first-order valence-electron chi connectivity index (χ1n) is 13.5. The van der Waals surface area contributed by atoms with E-state index in [4.69, 9.17) is 17.0 Å². The molecule has 0 unspecified atom stereocenters. The molecule has 1 saturated heterocycles. The molecule has 1 aliphatic heterocycles. The Morgan fingerprint density at radius 3 is 2.39 bits per heavy atom. The molecule has 1 amide bonds. The van der Waals surface area contributed by atoms with Gasteiger partial charge in [0.15, 0.2) is 5.11 Å². The normalized spacial score (nSPS) is 16.8. The van der Waals surface area contributed by atoms with Gasteiger partial charge in [0.1, 0.15) is 11.8 Å². The maximum absolute atomic E-state index is 12.7. The molecule has 8 nitrogen and oxygen atoms in total. The highest BCUT2D eigenvalue weighted by Crippen LogP contribution is 2.44. The van der Waals surface area contributed by atoms with E-state index in [-0.39, 0.29) is 18.0 Å². The summed E-state index contributed by atoms with van der Waals surface area (Å²) in [5.74, 6) is 0.464. The Morgan fingerprint density at radius 2 is 1.76 bits per heavy atom. The maximum atomic E-state index is 12.7. The van der Waals surface area contributed by atoms with Gasteiger partial charge in [-0.3, -0.25) is 9.78 Å². The van der Waals surface area contributed by atoms with Gasteiger partial charge in [0, 0.05) is 60.7 Å². The van der Waals surface area contributed by atoms with Crippen molar-refractivity contribution in [2.45, 2.75) is 32.9 Å². The molecule has 4 aromatic rings. The van der Waals surface area contributed by atoms with Crippen LogP contribution in [0.2, 0.25) is 0 Å². The van der Waals surface area contributed by atoms with Crippen LogP contribution in [0.1, 0.15) is 44.2 Å². The fraction of sp³-hybridized carbons (Fsp3) is 0.281. The number of nitrogens with zero attached hydrogens (tertiary/aromatic N) is 4. The minimum absolute atomic E-state index is 0.0897. The molecule has 2 N–H and O–H groups in total. The van der Waals surface area contributed by atoms with Gasteiger partial charge < -0.3 is 29.7 Å². The molecule has 0 aliphatic carbocycles. The second kappa shape index (κ2) is 11.2. The van der Waals surface area contributed by atoms with E-state index in [0.29, 0.717) is 16.5 Å². The van der Waals surface area contributed by atoms with Gasteiger partial charge in [0.2, 0.25) is 5.91 Å². The molecule has 0 spiro atoms. The standard InChI is InChI=1S/C32H36N6O2S/c1-32(2,3)30(39)34-24-17-16-23(20-27(24)40-6)38-29(28(35-31(38)41)25-10-7-8-18-33-25)26-11-9-19-37(26)22-14-12-21(13-15-22)36(4)5/h7-20,28-29H,1-6H3,(H,34,39)(H,35,41)/t28-,29+/m0/s1. The number of pyridine rings is 1. The Labute approximate surface area is 247 Å². The molecular weight excluding hydrogens is 532 g/mol. The number of rotatable bonds is 7. The fourth-order valence-corrected chi connectivity index (χ4v) is 5.30. The summed E-state index contributed by atoms with van der Waals surface area (Å²) in [6.45, 7) is 5.63. The zero-order valence-electron chi connectivity index (χ0n) is 24.3. The summed E-state index contributed by atoms with van der Waals surface area (Å²) in [5.41, 5.74) is 5.02. The summed E-state index contributed by atoms with van der Waals surface area (Å²) in [5, 5.41) is 7.11. The summed E-state index contributed by atoms with van der Waals surface area (Å²) in [6.07, 6.45) is 3.87. The van der Waals surface area contributed by atoms with E-state index in [1.54, 1.807) is 13.3 Å². The number of hydrogen-bond donors (Lipinski definition) is 2. The number of aromatic nitrogens is 2. The molecule has 0 radical (unpaired) electrons. The fourth-order valence-electron chi connectivity index (χ4n) is 4.96. The number of methoxy groups -OCH3 is 1. The number of benzene rings is 2. The summed E-state index contributed by atoms with van der Waals surface area (Å²) >= 11 is 5.95. The SMILES string of the molecule is COc1cc(N2C(=S)N[C@@H](c3ccccn3)[C@H]2c2cccn2-c2ccc(N(C)C)cc2)ccc1NC(=O)C(C)(C)C. The third-order valence-electron chi connectivity index (χ3n) is 7.22. The first-order chi connectivity index (χ1) is 19.6. The Hall–Kier alpha value is -4.37. The van der Waals surface area contributed by atoms with E-state index in [1.165, 1.54) is 0 Å². The van der Waals surface area contributed by atoms with Crippen LogP contribution >= 0.6 is 12.2 Å². The Morgan fingerprint density at radius 1 is 1.02 bits per heavy atom. The van der Waals surface area contributed by atoms with Crippen molar-refractivity contribution in [3.63, 3.8) is 0 Å². The van der Waals surface area contributed by atoms with E-state index < -0.39 is 5.41 Å². The van der Waals surface area contributed by atoms with E-state index in [9.17, 15) is 4.79 Å². The largest absolute Gasteiger partial charge is 0.494 e. The number of carbonyl (C=O) groups excluding carboxylic acids is 1. The van der Waals surface area contributed by atoms with Crippen LogP contribution < -0.4 is 25.2 Å². The lowest BCUT2D eigenvalue weighted by Crippen LogP contribution is -2.30. The lowest BCUT2D eigenvalue weighted by atomic mass is 9.95. The number of nitrogens with one attached hydrogen (secondary N) is 2. The quantitative estimate of drug-likeness (QED) is 0.261. The van der Waals surface area contributed by atoms with Crippen molar-refractivity contribution in [2.75, 3.05) is 36.3 Å². The maximum Gasteiger partial charge on any atom is 0.229 e. The number of amides is 1. The van der Waals surface area contributed by atoms with E-state index in [0.717, 1.165) is 28.5 Å². The second-order valence-electron chi connectivity index (χ2n) is 11.3. The molecule has 41 heavy (non-hydrogen) atoms. The average molecular weight is 569 g/mol. The summed E-state index contributed by atoms with van der Waals surface area (Å²) < 4.78 is 7.92. The van der Waals surface area contributed by atoms with Crippen LogP contribution in [0.15, 0.2) is 85.2 Å². The highest BCUT2D eigenvalue weighted by atomic mass is 32.1. The van der Waals surface area contributed by atoms with Gasteiger partial charge in [0.25, 0.3) is 0 Å². The monoisotopic (exact) mass is 568 g/mol. The van der Waals surface area contributed by atoms with Crippen LogP contribution in [0.3, 0.4) is 0 Å². The zero-order valence-corrected chi connectivity index (χ0v) is 25.1. The lowest BCUT2D eigenvalue weighted by molar-refractivity contribution is -0.123. The molecule has 0 saturated carbocycles. The van der Waals surface area contributed by atoms with Crippen molar-refractivity contribution in [1.82, 2.24) is 14.9 Å². The molecule has 1 fully saturated rings. The highest BCUT2D eigenvalue weighted by molar-refractivity contribution is 7.80. The lowest BCUT2D eigenvalue weighted by Gasteiger charge is -2.29. The number of anilines is 3. The van der Waals surface area contributed by atoms with E-state index >= 15 is 0 Å². The number of ether oxygens (including phenoxy) is 1. The molecule has 3 heterocycles. The predicted molar refractivity (Wildman–Crippen MR) is 169 cm³/mol. The number of carbonyl (C=O) groups is 1. The van der Waals surface area contributed by atoms with Gasteiger partial charge >= 0.3 is 0 Å². The summed E-state index contributed by atoms with van der Waals surface area (Å²) in [7, 11) is 5.67. The molecule has 212 valence electrons. The van der Waals surface area contributed by atoms with Gasteiger partial charge in [-0.2, -0.15) is 0 Å². The third-order valence-corrected chi connectivity index (χ3v) is 7.53. The first-order valence-corrected chi connectivity index (χ1v) is 13.9. The minimum atomic E-state index is -0.540. The van der Waals surface area contributed by atoms with Gasteiger partial charge in [-0.1, -0.05) is 26.8 Å². The van der Waals surface area contributed by atoms with Gasteiger partial charge in [-0.15, -0.1) is 0 Å². The van der Waals surface area contributed by atoms with Crippen molar-refractivity contribution in [1.29, 1.82) is 0 Å². The van der Waals surface area contributed by atoms with Crippen LogP contribution in [0.4, 0.5) is 17.1 Å². The van der Waals surface area contributed by atoms with Crippen LogP contribution in [0.5, 0.6) is 5.75 Å². The molecule has 5 rings (SSSR count). The zero-order chi connectivity index (χ0) is 29.3. The number of hydrogen-bond acceptors (Lipinski definition) is 5. The first kappa shape index (κ1) is 28.2. The summed E-state index contributed by atoms with van der Waals surface area (Å²) in [4.78, 5) is 21.6. The summed E-state index contributed by atoms with van der Waals surface area (Å²) in [6, 6.07) is 23.9. The van der Waals surface area contributed by atoms with Crippen LogP contribution in [0, 0.1) is 5.41 Å². The Kier molecular flexibility index (Phi) is 7.73. The molecule has 9 heteroatoms. The van der Waals surface area contributed by atoms with Crippen LogP contribution in [-0.4, -0.2) is 41.8 Å². The minimum Gasteiger partial charge on any atom is -0.494 e. The van der Waals surface area contributed by atoms with Crippen LogP contribution in [0.25, 0.3) is 5.69 Å². The molecule has 2 atom stereocenters. The van der Waals surface area contributed by atoms with E-state index in [1.807, 2.05) is 71.3 Å². The van der Waals surface area contributed by atoms with Gasteiger partial charge in [-0.25, -0.2) is 0 Å². The van der Waals surface area contributed by atoms with Crippen molar-refractivity contribution >= 4 is 40.3 Å².